The summed E-state index contributed by atoms with van der Waals surface area (Å²) in [6.07, 6.45) is 8.29. The Kier molecular flexibility index (Phi) is 3.90. The second kappa shape index (κ2) is 5.20. The lowest BCUT2D eigenvalue weighted by molar-refractivity contribution is -0.132. The predicted octanol–water partition coefficient (Wildman–Crippen LogP) is 2.80. The summed E-state index contributed by atoms with van der Waals surface area (Å²) < 4.78 is 0. The molecular formula is C12H20ClNO. The number of halogens is 1. The fourth-order valence-electron chi connectivity index (χ4n) is 2.57. The summed E-state index contributed by atoms with van der Waals surface area (Å²) in [5.41, 5.74) is 0. The third-order valence-electron chi connectivity index (χ3n) is 3.57. The molecule has 2 rings (SSSR count). The Morgan fingerprint density at radius 1 is 1.20 bits per heavy atom. The molecule has 0 unspecified atom stereocenters. The predicted molar refractivity (Wildman–Crippen MR) is 62.0 cm³/mol. The molecule has 2 fully saturated rings. The Morgan fingerprint density at radius 2 is 1.87 bits per heavy atom. The molecular weight excluding hydrogens is 210 g/mol. The lowest BCUT2D eigenvalue weighted by Crippen LogP contribution is -2.35. The number of carbonyl (C=O) groups excluding carboxylic acids is 1. The van der Waals surface area contributed by atoms with Crippen LogP contribution in [0, 0.1) is 5.92 Å². The molecule has 0 aromatic heterocycles. The van der Waals surface area contributed by atoms with Gasteiger partial charge in [0, 0.05) is 24.9 Å². The Bertz CT molecular complexity index is 222. The molecule has 2 aliphatic carbocycles. The van der Waals surface area contributed by atoms with Crippen molar-refractivity contribution in [3.05, 3.63) is 0 Å². The van der Waals surface area contributed by atoms with Gasteiger partial charge in [0.2, 0.25) is 5.91 Å². The van der Waals surface area contributed by atoms with E-state index in [0.717, 1.165) is 13.0 Å². The van der Waals surface area contributed by atoms with Gasteiger partial charge in [-0.25, -0.2) is 0 Å². The molecule has 0 bridgehead atoms. The van der Waals surface area contributed by atoms with Crippen molar-refractivity contribution in [2.45, 2.75) is 51.0 Å². The van der Waals surface area contributed by atoms with E-state index >= 15 is 0 Å². The minimum atomic E-state index is 0.352. The molecule has 3 heteroatoms. The van der Waals surface area contributed by atoms with Gasteiger partial charge in [0.15, 0.2) is 0 Å². The molecule has 0 N–H and O–H groups in total. The summed E-state index contributed by atoms with van der Waals surface area (Å²) in [6.45, 7) is 0.748. The van der Waals surface area contributed by atoms with Crippen LogP contribution >= 0.6 is 11.6 Å². The van der Waals surface area contributed by atoms with Gasteiger partial charge in [-0.15, -0.1) is 11.6 Å². The number of hydrogen-bond donors (Lipinski definition) is 0. The molecule has 0 radical (unpaired) electrons. The second-order valence-corrected chi connectivity index (χ2v) is 5.24. The van der Waals surface area contributed by atoms with E-state index in [4.69, 9.17) is 11.6 Å². The first-order valence-corrected chi connectivity index (χ1v) is 6.70. The van der Waals surface area contributed by atoms with Gasteiger partial charge >= 0.3 is 0 Å². The highest BCUT2D eigenvalue weighted by atomic mass is 35.5. The maximum absolute atomic E-state index is 12.0. The highest BCUT2D eigenvalue weighted by Crippen LogP contribution is 2.31. The largest absolute Gasteiger partial charge is 0.339 e. The van der Waals surface area contributed by atoms with E-state index in [0.29, 0.717) is 23.7 Å². The first-order valence-electron chi connectivity index (χ1n) is 6.16. The smallest absolute Gasteiger partial charge is 0.223 e. The summed E-state index contributed by atoms with van der Waals surface area (Å²) >= 11 is 5.73. The van der Waals surface area contributed by atoms with Crippen molar-refractivity contribution in [3.63, 3.8) is 0 Å². The molecule has 0 atom stereocenters. The molecule has 0 aromatic rings. The maximum Gasteiger partial charge on any atom is 0.223 e. The van der Waals surface area contributed by atoms with Gasteiger partial charge in [0.05, 0.1) is 0 Å². The SMILES string of the molecule is O=C(CC1CCCC1)N(CCCl)C1CC1. The van der Waals surface area contributed by atoms with Crippen LogP contribution < -0.4 is 0 Å². The third kappa shape index (κ3) is 3.10. The molecule has 2 nitrogen and oxygen atoms in total. The van der Waals surface area contributed by atoms with E-state index in [-0.39, 0.29) is 0 Å². The minimum Gasteiger partial charge on any atom is -0.339 e. The summed E-state index contributed by atoms with van der Waals surface area (Å²) in [6, 6.07) is 0.526. The zero-order valence-electron chi connectivity index (χ0n) is 9.25. The second-order valence-electron chi connectivity index (χ2n) is 4.86. The number of amides is 1. The van der Waals surface area contributed by atoms with Gasteiger partial charge in [-0.2, -0.15) is 0 Å². The van der Waals surface area contributed by atoms with Crippen molar-refractivity contribution in [1.82, 2.24) is 4.90 Å². The first-order chi connectivity index (χ1) is 7.31. The van der Waals surface area contributed by atoms with Gasteiger partial charge in [-0.3, -0.25) is 4.79 Å². The van der Waals surface area contributed by atoms with Gasteiger partial charge in [-0.1, -0.05) is 12.8 Å². The van der Waals surface area contributed by atoms with E-state index < -0.39 is 0 Å². The molecule has 1 amide bonds. The molecule has 2 aliphatic rings. The topological polar surface area (TPSA) is 20.3 Å². The molecule has 86 valence electrons. The van der Waals surface area contributed by atoms with Crippen LogP contribution in [0.3, 0.4) is 0 Å². The monoisotopic (exact) mass is 229 g/mol. The van der Waals surface area contributed by atoms with Crippen molar-refractivity contribution in [1.29, 1.82) is 0 Å². The molecule has 0 aliphatic heterocycles. The van der Waals surface area contributed by atoms with Crippen molar-refractivity contribution in [3.8, 4) is 0 Å². The van der Waals surface area contributed by atoms with E-state index in [1.165, 1.54) is 38.5 Å². The normalized spacial score (nSPS) is 21.9. The van der Waals surface area contributed by atoms with Crippen LogP contribution in [0.1, 0.15) is 44.9 Å². The van der Waals surface area contributed by atoms with E-state index in [2.05, 4.69) is 0 Å². The van der Waals surface area contributed by atoms with Crippen LogP contribution in [-0.2, 0) is 4.79 Å². The first kappa shape index (κ1) is 11.3. The van der Waals surface area contributed by atoms with Crippen LogP contribution in [0.4, 0.5) is 0 Å². The van der Waals surface area contributed by atoms with Crippen molar-refractivity contribution < 1.29 is 4.79 Å². The van der Waals surface area contributed by atoms with E-state index in [1.807, 2.05) is 4.90 Å². The molecule has 0 spiro atoms. The average Bonchev–Trinajstić information content (AvgIpc) is 2.93. The van der Waals surface area contributed by atoms with Crippen molar-refractivity contribution >= 4 is 17.5 Å². The fraction of sp³-hybridized carbons (Fsp3) is 0.917. The zero-order valence-corrected chi connectivity index (χ0v) is 10.0. The molecule has 2 saturated carbocycles. The molecule has 0 aromatic carbocycles. The quantitative estimate of drug-likeness (QED) is 0.664. The highest BCUT2D eigenvalue weighted by molar-refractivity contribution is 6.18. The van der Waals surface area contributed by atoms with Crippen molar-refractivity contribution in [2.75, 3.05) is 12.4 Å². The lowest BCUT2D eigenvalue weighted by atomic mass is 10.0. The number of hydrogen-bond acceptors (Lipinski definition) is 1. The molecule has 0 heterocycles. The summed E-state index contributed by atoms with van der Waals surface area (Å²) in [4.78, 5) is 14.1. The minimum absolute atomic E-state index is 0.352. The fourth-order valence-corrected chi connectivity index (χ4v) is 2.75. The van der Waals surface area contributed by atoms with E-state index in [1.54, 1.807) is 0 Å². The summed E-state index contributed by atoms with van der Waals surface area (Å²) in [5, 5.41) is 0. The molecule has 0 saturated heterocycles. The lowest BCUT2D eigenvalue weighted by Gasteiger charge is -2.22. The number of alkyl halides is 1. The number of rotatable bonds is 5. The Morgan fingerprint density at radius 3 is 2.40 bits per heavy atom. The van der Waals surface area contributed by atoms with E-state index in [9.17, 15) is 4.79 Å². The summed E-state index contributed by atoms with van der Waals surface area (Å²) in [7, 11) is 0. The average molecular weight is 230 g/mol. The highest BCUT2D eigenvalue weighted by Gasteiger charge is 2.33. The Hall–Kier alpha value is -0.240. The van der Waals surface area contributed by atoms with Gasteiger partial charge < -0.3 is 4.90 Å². The Balaban J connectivity index is 1.80. The molecule has 15 heavy (non-hydrogen) atoms. The third-order valence-corrected chi connectivity index (χ3v) is 3.74. The van der Waals surface area contributed by atoms with Crippen LogP contribution in [0.15, 0.2) is 0 Å². The standard InChI is InChI=1S/C12H20ClNO/c13-7-8-14(11-5-6-11)12(15)9-10-3-1-2-4-10/h10-11H,1-9H2. The van der Waals surface area contributed by atoms with Crippen LogP contribution in [0.25, 0.3) is 0 Å². The van der Waals surface area contributed by atoms with Crippen LogP contribution in [0.2, 0.25) is 0 Å². The number of nitrogens with zero attached hydrogens (tertiary/aromatic N) is 1. The maximum atomic E-state index is 12.0. The zero-order chi connectivity index (χ0) is 10.7. The van der Waals surface area contributed by atoms with Crippen molar-refractivity contribution in [2.24, 2.45) is 5.92 Å². The Labute approximate surface area is 97.0 Å². The van der Waals surface area contributed by atoms with Crippen LogP contribution in [-0.4, -0.2) is 29.3 Å². The van der Waals surface area contributed by atoms with Gasteiger partial charge in [0.1, 0.15) is 0 Å². The number of carbonyl (C=O) groups is 1. The van der Waals surface area contributed by atoms with Gasteiger partial charge in [0.25, 0.3) is 0 Å². The summed E-state index contributed by atoms with van der Waals surface area (Å²) in [5.74, 6) is 1.59. The van der Waals surface area contributed by atoms with Gasteiger partial charge in [-0.05, 0) is 31.6 Å². The van der Waals surface area contributed by atoms with Crippen LogP contribution in [0.5, 0.6) is 0 Å².